The molecule has 1 fully saturated rings. The van der Waals surface area contributed by atoms with E-state index < -0.39 is 11.6 Å². The van der Waals surface area contributed by atoms with Crippen LogP contribution in [0.25, 0.3) is 11.3 Å². The fourth-order valence-corrected chi connectivity index (χ4v) is 6.50. The highest BCUT2D eigenvalue weighted by Crippen LogP contribution is 2.35. The molecule has 4 aromatic rings. The van der Waals surface area contributed by atoms with Crippen LogP contribution in [0.15, 0.2) is 65.8 Å². The number of aromatic nitrogens is 2. The number of fused-ring (bicyclic) bond motifs is 3. The predicted octanol–water partition coefficient (Wildman–Crippen LogP) is 6.87. The lowest BCUT2D eigenvalue weighted by Crippen LogP contribution is -2.61. The fraction of sp³-hybridized carbons (Fsp3) is 0.294. The molecule has 0 radical (unpaired) electrons. The van der Waals surface area contributed by atoms with E-state index >= 15 is 0 Å². The van der Waals surface area contributed by atoms with Gasteiger partial charge < -0.3 is 20.9 Å². The zero-order chi connectivity index (χ0) is 31.7. The molecule has 1 amide bonds. The van der Waals surface area contributed by atoms with Gasteiger partial charge in [-0.1, -0.05) is 42.8 Å². The number of carbonyl (C=O) groups excluding carboxylic acids is 1. The van der Waals surface area contributed by atoms with Gasteiger partial charge in [0.05, 0.1) is 34.1 Å². The summed E-state index contributed by atoms with van der Waals surface area (Å²) < 4.78 is 29.7. The number of rotatable bonds is 7. The number of hydrogen-bond acceptors (Lipinski definition) is 7. The minimum Gasteiger partial charge on any atom is -0.337 e. The Hall–Kier alpha value is -3.96. The number of piperidine rings is 1. The lowest BCUT2D eigenvalue weighted by atomic mass is 9.88. The Morgan fingerprint density at radius 1 is 1.04 bits per heavy atom. The summed E-state index contributed by atoms with van der Waals surface area (Å²) in [5.74, 6) is -1.30. The molecule has 2 aliphatic heterocycles. The van der Waals surface area contributed by atoms with Crippen LogP contribution in [0.4, 0.5) is 20.4 Å². The molecule has 3 aromatic carbocycles. The quantitative estimate of drug-likeness (QED) is 0.199. The van der Waals surface area contributed by atoms with E-state index in [9.17, 15) is 13.6 Å². The zero-order valence-corrected chi connectivity index (χ0v) is 26.2. The van der Waals surface area contributed by atoms with Gasteiger partial charge in [0.2, 0.25) is 5.95 Å². The Balaban J connectivity index is 0.00000417. The van der Waals surface area contributed by atoms with Crippen LogP contribution in [0.2, 0.25) is 10.0 Å². The third kappa shape index (κ3) is 6.48. The maximum Gasteiger partial charge on any atom is 0.255 e. The van der Waals surface area contributed by atoms with Crippen LogP contribution in [0.1, 0.15) is 47.3 Å². The maximum absolute atomic E-state index is 14.9. The van der Waals surface area contributed by atoms with Gasteiger partial charge in [-0.2, -0.15) is 0 Å². The summed E-state index contributed by atoms with van der Waals surface area (Å²) in [6.07, 6.45) is 3.48. The Morgan fingerprint density at radius 2 is 1.83 bits per heavy atom. The second-order valence-corrected chi connectivity index (χ2v) is 12.1. The summed E-state index contributed by atoms with van der Waals surface area (Å²) in [4.78, 5) is 29.1. The van der Waals surface area contributed by atoms with Crippen LogP contribution in [0.3, 0.4) is 0 Å². The summed E-state index contributed by atoms with van der Waals surface area (Å²) in [5, 5.41) is 10.5. The molecule has 12 heteroatoms. The average Bonchev–Trinajstić information content (AvgIpc) is 3.17. The van der Waals surface area contributed by atoms with E-state index in [0.717, 1.165) is 19.4 Å². The predicted molar refractivity (Wildman–Crippen MR) is 180 cm³/mol. The topological polar surface area (TPSA) is 94.5 Å². The number of nitrogens with one attached hydrogen (secondary N) is 3. The van der Waals surface area contributed by atoms with E-state index in [-0.39, 0.29) is 42.6 Å². The first-order valence-corrected chi connectivity index (χ1v) is 15.3. The molecule has 1 unspecified atom stereocenters. The Labute approximate surface area is 277 Å². The summed E-state index contributed by atoms with van der Waals surface area (Å²) in [5.41, 5.74) is 3.01. The normalized spacial score (nSPS) is 17.3. The zero-order valence-electron chi connectivity index (χ0n) is 24.7. The number of amides is 1. The molecule has 240 valence electrons. The van der Waals surface area contributed by atoms with Gasteiger partial charge in [-0.05, 0) is 69.4 Å². The third-order valence-electron chi connectivity index (χ3n) is 8.33. The average molecular weight is 667 g/mol. The number of aliphatic imine (C=N–C) groups is 1. The van der Waals surface area contributed by atoms with Crippen molar-refractivity contribution in [3.05, 3.63) is 105 Å². The molecule has 46 heavy (non-hydrogen) atoms. The monoisotopic (exact) mass is 665 g/mol. The van der Waals surface area contributed by atoms with E-state index in [4.69, 9.17) is 28.2 Å². The minimum atomic E-state index is -0.725. The van der Waals surface area contributed by atoms with E-state index in [1.807, 2.05) is 19.0 Å². The first kappa shape index (κ1) is 33.4. The van der Waals surface area contributed by atoms with Gasteiger partial charge in [0.15, 0.2) is 0 Å². The van der Waals surface area contributed by atoms with Crippen molar-refractivity contribution in [2.45, 2.75) is 32.4 Å². The first-order chi connectivity index (χ1) is 21.7. The maximum atomic E-state index is 14.9. The van der Waals surface area contributed by atoms with Crippen molar-refractivity contribution in [2.24, 2.45) is 4.99 Å². The number of nitrogens with zero attached hydrogens (tertiary/aromatic N) is 4. The molecule has 2 aliphatic rings. The number of halogens is 4. The molecule has 6 rings (SSSR count). The van der Waals surface area contributed by atoms with E-state index in [0.29, 0.717) is 56.8 Å². The smallest absolute Gasteiger partial charge is 0.255 e. The van der Waals surface area contributed by atoms with Crippen LogP contribution in [0, 0.1) is 11.6 Å². The minimum absolute atomic E-state index is 0. The largest absolute Gasteiger partial charge is 0.337 e. The summed E-state index contributed by atoms with van der Waals surface area (Å²) in [7, 11) is 3.83. The van der Waals surface area contributed by atoms with Crippen LogP contribution in [-0.4, -0.2) is 65.8 Å². The van der Waals surface area contributed by atoms with Crippen LogP contribution >= 0.6 is 23.2 Å². The summed E-state index contributed by atoms with van der Waals surface area (Å²) >= 11 is 13.0. The number of likely N-dealkylation sites (N-methyl/N-ethyl adjacent to an activating group) is 2. The first-order valence-electron chi connectivity index (χ1n) is 14.6. The molecule has 1 atom stereocenters. The molecule has 3 N–H and O–H groups in total. The van der Waals surface area contributed by atoms with Gasteiger partial charge in [-0.15, -0.1) is 0 Å². The Morgan fingerprint density at radius 3 is 2.54 bits per heavy atom. The summed E-state index contributed by atoms with van der Waals surface area (Å²) in [6.45, 7) is 2.08. The lowest BCUT2D eigenvalue weighted by Gasteiger charge is -2.43. The molecular weight excluding hydrogens is 631 g/mol. The van der Waals surface area contributed by atoms with E-state index in [1.54, 1.807) is 42.6 Å². The summed E-state index contributed by atoms with van der Waals surface area (Å²) in [6, 6.07) is 13.9. The molecule has 0 bridgehead atoms. The van der Waals surface area contributed by atoms with Crippen molar-refractivity contribution in [1.29, 1.82) is 0 Å². The molecule has 1 saturated heterocycles. The second-order valence-electron chi connectivity index (χ2n) is 11.2. The highest BCUT2D eigenvalue weighted by Gasteiger charge is 2.36. The van der Waals surface area contributed by atoms with Gasteiger partial charge >= 0.3 is 0 Å². The van der Waals surface area contributed by atoms with Gasteiger partial charge in [0.25, 0.3) is 5.91 Å². The lowest BCUT2D eigenvalue weighted by molar-refractivity contribution is 0.0611. The highest BCUT2D eigenvalue weighted by molar-refractivity contribution is 6.34. The third-order valence-corrected chi connectivity index (χ3v) is 8.88. The molecule has 0 saturated carbocycles. The van der Waals surface area contributed by atoms with Crippen molar-refractivity contribution in [3.63, 3.8) is 0 Å². The van der Waals surface area contributed by atoms with Crippen LogP contribution in [0.5, 0.6) is 0 Å². The number of benzene rings is 3. The highest BCUT2D eigenvalue weighted by atomic mass is 35.5. The number of likely N-dealkylation sites (tertiary alicyclic amines) is 1. The van der Waals surface area contributed by atoms with Crippen LogP contribution in [-0.2, 0) is 6.54 Å². The van der Waals surface area contributed by atoms with Gasteiger partial charge in [0, 0.05) is 58.8 Å². The van der Waals surface area contributed by atoms with Gasteiger partial charge in [-0.3, -0.25) is 9.79 Å². The van der Waals surface area contributed by atoms with Gasteiger partial charge in [-0.25, -0.2) is 18.7 Å². The SMILES string of the molecule is C.CNCC1(NC)CCCN(C(=O)c2ccc(Nc3ncc4c(n3)-c3ccc(Cl)cc3C(c3c(F)cccc3F)=NC4)cc2Cl)C1. The second kappa shape index (κ2) is 13.8. The van der Waals surface area contributed by atoms with E-state index in [2.05, 4.69) is 25.9 Å². The number of hydrogen-bond donors (Lipinski definition) is 3. The molecule has 0 aliphatic carbocycles. The molecule has 8 nitrogen and oxygen atoms in total. The van der Waals surface area contributed by atoms with Crippen molar-refractivity contribution in [3.8, 4) is 11.3 Å². The van der Waals surface area contributed by atoms with Crippen molar-refractivity contribution >= 4 is 46.5 Å². The Kier molecular flexibility index (Phi) is 10.0. The number of carbonyl (C=O) groups is 1. The fourth-order valence-electron chi connectivity index (χ4n) is 6.07. The van der Waals surface area contributed by atoms with E-state index in [1.165, 1.54) is 18.2 Å². The standard InChI is InChI=1S/C33H31Cl2F2N7O.CH4/c1-38-17-33(39-2)11-4-12-44(18-33)31(45)23-10-8-21(14-25(23)35)42-32-41-16-19-15-40-30(28-26(36)5-3-6-27(28)37)24-13-20(34)7-9-22(24)29(19)43-32;/h3,5-10,13-14,16,38-39H,4,11-12,15,17-18H2,1-2H3,(H,41,42,43);1H4. The van der Waals surface area contributed by atoms with Crippen molar-refractivity contribution < 1.29 is 13.6 Å². The molecule has 1 aromatic heterocycles. The molecule has 3 heterocycles. The Bertz CT molecular complexity index is 1790. The van der Waals surface area contributed by atoms with Crippen molar-refractivity contribution in [2.75, 3.05) is 39.0 Å². The van der Waals surface area contributed by atoms with Crippen LogP contribution < -0.4 is 16.0 Å². The van der Waals surface area contributed by atoms with Crippen molar-refractivity contribution in [1.82, 2.24) is 25.5 Å². The molecular formula is C34H35Cl2F2N7O. The number of anilines is 2. The van der Waals surface area contributed by atoms with Gasteiger partial charge in [0.1, 0.15) is 11.6 Å². The molecule has 0 spiro atoms.